The fraction of sp³-hybridized carbons (Fsp3) is 0.286. The molecule has 1 unspecified atom stereocenters. The maximum atomic E-state index is 4.01. The maximum absolute atomic E-state index is 4.01. The van der Waals surface area contributed by atoms with Crippen molar-refractivity contribution in [3.05, 3.63) is 61.3 Å². The van der Waals surface area contributed by atoms with Crippen LogP contribution < -0.4 is 0 Å². The first-order valence-corrected chi connectivity index (χ1v) is 4.93. The minimum Gasteiger partial charge on any atom is -0.106 e. The van der Waals surface area contributed by atoms with Crippen molar-refractivity contribution in [1.82, 2.24) is 0 Å². The molecule has 0 aromatic heterocycles. The average molecular weight is 188 g/mol. The molecule has 1 atom stereocenters. The van der Waals surface area contributed by atoms with E-state index in [1.165, 1.54) is 5.57 Å². The Morgan fingerprint density at radius 2 is 2.14 bits per heavy atom. The molecule has 0 heterocycles. The van der Waals surface area contributed by atoms with E-state index in [-0.39, 0.29) is 0 Å². The molecule has 0 fully saturated rings. The molecular formula is C14H20. The highest BCUT2D eigenvalue weighted by atomic mass is 14.1. The third-order valence-corrected chi connectivity index (χ3v) is 2.06. The highest BCUT2D eigenvalue weighted by Gasteiger charge is 2.06. The topological polar surface area (TPSA) is 0 Å². The predicted octanol–water partition coefficient (Wildman–Crippen LogP) is 4.44. The van der Waals surface area contributed by atoms with Crippen LogP contribution in [0.2, 0.25) is 0 Å². The summed E-state index contributed by atoms with van der Waals surface area (Å²) in [4.78, 5) is 0. The number of rotatable bonds is 2. The molecule has 0 spiro atoms. The molecule has 0 saturated heterocycles. The van der Waals surface area contributed by atoms with E-state index in [9.17, 15) is 0 Å². The van der Waals surface area contributed by atoms with Gasteiger partial charge < -0.3 is 0 Å². The molecule has 1 aliphatic carbocycles. The molecule has 14 heavy (non-hydrogen) atoms. The summed E-state index contributed by atoms with van der Waals surface area (Å²) in [5.74, 6) is 0.659. The van der Waals surface area contributed by atoms with Crippen molar-refractivity contribution < 1.29 is 0 Å². The second-order valence-corrected chi connectivity index (χ2v) is 3.28. The van der Waals surface area contributed by atoms with E-state index >= 15 is 0 Å². The average Bonchev–Trinajstić information content (AvgIpc) is 2.21. The summed E-state index contributed by atoms with van der Waals surface area (Å²) in [6, 6.07) is 0. The van der Waals surface area contributed by atoms with Crippen LogP contribution in [0.25, 0.3) is 0 Å². The van der Waals surface area contributed by atoms with Crippen molar-refractivity contribution in [2.45, 2.75) is 20.3 Å². The Morgan fingerprint density at radius 1 is 1.50 bits per heavy atom. The van der Waals surface area contributed by atoms with Crippen LogP contribution >= 0.6 is 0 Å². The van der Waals surface area contributed by atoms with Crippen molar-refractivity contribution in [3.63, 3.8) is 0 Å². The molecule has 0 radical (unpaired) electrons. The molecule has 0 aromatic rings. The Hall–Kier alpha value is -1.30. The predicted molar refractivity (Wildman–Crippen MR) is 66.2 cm³/mol. The molecule has 76 valence electrons. The monoisotopic (exact) mass is 188 g/mol. The second kappa shape index (κ2) is 7.14. The van der Waals surface area contributed by atoms with Crippen LogP contribution in [0, 0.1) is 5.92 Å². The van der Waals surface area contributed by atoms with Gasteiger partial charge in [-0.2, -0.15) is 0 Å². The molecule has 0 saturated carbocycles. The van der Waals surface area contributed by atoms with Gasteiger partial charge >= 0.3 is 0 Å². The van der Waals surface area contributed by atoms with Crippen molar-refractivity contribution in [1.29, 1.82) is 0 Å². The third-order valence-electron chi connectivity index (χ3n) is 2.06. The van der Waals surface area contributed by atoms with Gasteiger partial charge in [0, 0.05) is 0 Å². The van der Waals surface area contributed by atoms with Gasteiger partial charge in [0.1, 0.15) is 0 Å². The van der Waals surface area contributed by atoms with Gasteiger partial charge in [-0.05, 0) is 30.4 Å². The normalized spacial score (nSPS) is 19.9. The molecule has 0 bridgehead atoms. The Bertz CT molecular complexity index is 264. The summed E-state index contributed by atoms with van der Waals surface area (Å²) >= 11 is 0. The molecule has 1 rings (SSSR count). The van der Waals surface area contributed by atoms with E-state index in [0.717, 1.165) is 12.0 Å². The van der Waals surface area contributed by atoms with E-state index in [0.29, 0.717) is 5.92 Å². The smallest absolute Gasteiger partial charge is 0.0212 e. The summed E-state index contributed by atoms with van der Waals surface area (Å²) in [7, 11) is 0. The van der Waals surface area contributed by atoms with Crippen molar-refractivity contribution in [3.8, 4) is 0 Å². The van der Waals surface area contributed by atoms with E-state index < -0.39 is 0 Å². The summed E-state index contributed by atoms with van der Waals surface area (Å²) in [6.45, 7) is 14.3. The standard InChI is InChI=1S/C12H16.C2H4/c1-4-6-11(3)12-8-5-7-10(2)9-12;1-2/h4-8,10H,3,9H2,1-2H3;1-2H2/b6-4-;. The summed E-state index contributed by atoms with van der Waals surface area (Å²) < 4.78 is 0. The SMILES string of the molecule is C=C.C=C(/C=C\C)C1=CC=CC(C)C1. The Morgan fingerprint density at radius 3 is 2.64 bits per heavy atom. The van der Waals surface area contributed by atoms with Gasteiger partial charge in [-0.15, -0.1) is 13.2 Å². The molecule has 0 aliphatic heterocycles. The zero-order valence-electron chi connectivity index (χ0n) is 9.29. The van der Waals surface area contributed by atoms with Gasteiger partial charge in [-0.25, -0.2) is 0 Å². The molecule has 1 aliphatic rings. The molecular weight excluding hydrogens is 168 g/mol. The van der Waals surface area contributed by atoms with E-state index in [2.05, 4.69) is 51.0 Å². The van der Waals surface area contributed by atoms with Crippen LogP contribution in [0.5, 0.6) is 0 Å². The molecule has 0 amide bonds. The highest BCUT2D eigenvalue weighted by Crippen LogP contribution is 2.23. The van der Waals surface area contributed by atoms with Gasteiger partial charge in [0.05, 0.1) is 0 Å². The highest BCUT2D eigenvalue weighted by molar-refractivity contribution is 5.41. The van der Waals surface area contributed by atoms with Crippen LogP contribution in [0.3, 0.4) is 0 Å². The summed E-state index contributed by atoms with van der Waals surface area (Å²) in [5, 5.41) is 0. The number of hydrogen-bond acceptors (Lipinski definition) is 0. The molecule has 0 N–H and O–H groups in total. The van der Waals surface area contributed by atoms with Gasteiger partial charge in [-0.3, -0.25) is 0 Å². The molecule has 0 heteroatoms. The van der Waals surface area contributed by atoms with Crippen LogP contribution in [-0.2, 0) is 0 Å². The van der Waals surface area contributed by atoms with Crippen LogP contribution in [-0.4, -0.2) is 0 Å². The summed E-state index contributed by atoms with van der Waals surface area (Å²) in [5.41, 5.74) is 2.51. The number of allylic oxidation sites excluding steroid dienone is 7. The van der Waals surface area contributed by atoms with E-state index in [4.69, 9.17) is 0 Å². The van der Waals surface area contributed by atoms with Crippen LogP contribution in [0.4, 0.5) is 0 Å². The Balaban J connectivity index is 0.000000791. The first kappa shape index (κ1) is 12.7. The van der Waals surface area contributed by atoms with Crippen molar-refractivity contribution in [2.24, 2.45) is 5.92 Å². The second-order valence-electron chi connectivity index (χ2n) is 3.28. The van der Waals surface area contributed by atoms with Crippen LogP contribution in [0.15, 0.2) is 61.3 Å². The van der Waals surface area contributed by atoms with E-state index in [1.807, 2.05) is 13.0 Å². The number of hydrogen-bond donors (Lipinski definition) is 0. The first-order chi connectivity index (χ1) is 6.74. The minimum absolute atomic E-state index is 0.659. The minimum atomic E-state index is 0.659. The van der Waals surface area contributed by atoms with Crippen molar-refractivity contribution in [2.75, 3.05) is 0 Å². The lowest BCUT2D eigenvalue weighted by Gasteiger charge is -2.14. The zero-order chi connectivity index (χ0) is 11.0. The summed E-state index contributed by atoms with van der Waals surface area (Å²) in [6.07, 6.45) is 11.7. The lowest BCUT2D eigenvalue weighted by Crippen LogP contribution is -1.98. The molecule has 0 nitrogen and oxygen atoms in total. The third kappa shape index (κ3) is 4.08. The lowest BCUT2D eigenvalue weighted by atomic mass is 9.91. The van der Waals surface area contributed by atoms with E-state index in [1.54, 1.807) is 0 Å². The maximum Gasteiger partial charge on any atom is -0.0212 e. The molecule has 0 aromatic carbocycles. The van der Waals surface area contributed by atoms with Crippen molar-refractivity contribution >= 4 is 0 Å². The fourth-order valence-electron chi connectivity index (χ4n) is 1.39. The van der Waals surface area contributed by atoms with Gasteiger partial charge in [0.2, 0.25) is 0 Å². The van der Waals surface area contributed by atoms with Crippen LogP contribution in [0.1, 0.15) is 20.3 Å². The fourth-order valence-corrected chi connectivity index (χ4v) is 1.39. The largest absolute Gasteiger partial charge is 0.106 e. The Labute approximate surface area is 88.0 Å². The lowest BCUT2D eigenvalue weighted by molar-refractivity contribution is 0.714. The van der Waals surface area contributed by atoms with Gasteiger partial charge in [-0.1, -0.05) is 43.9 Å². The zero-order valence-corrected chi connectivity index (χ0v) is 9.29. The van der Waals surface area contributed by atoms with Gasteiger partial charge in [0.25, 0.3) is 0 Å². The first-order valence-electron chi connectivity index (χ1n) is 4.93. The van der Waals surface area contributed by atoms with Gasteiger partial charge in [0.15, 0.2) is 0 Å². The Kier molecular flexibility index (Phi) is 6.47. The quantitative estimate of drug-likeness (QED) is 0.444.